The van der Waals surface area contributed by atoms with Crippen LogP contribution in [-0.2, 0) is 6.54 Å². The minimum Gasteiger partial charge on any atom is -0.391 e. The zero-order valence-corrected chi connectivity index (χ0v) is 11.2. The first-order chi connectivity index (χ1) is 8.74. The third-order valence-electron chi connectivity index (χ3n) is 3.69. The molecular formula is C15H22N2O. The van der Waals surface area contributed by atoms with Crippen LogP contribution in [0.15, 0.2) is 30.6 Å². The van der Waals surface area contributed by atoms with Crippen LogP contribution in [0.3, 0.4) is 0 Å². The summed E-state index contributed by atoms with van der Waals surface area (Å²) in [5.74, 6) is 0.620. The highest BCUT2D eigenvalue weighted by atomic mass is 16.3. The predicted octanol–water partition coefficient (Wildman–Crippen LogP) is 3.22. The Morgan fingerprint density at radius 2 is 1.94 bits per heavy atom. The van der Waals surface area contributed by atoms with E-state index < -0.39 is 0 Å². The van der Waals surface area contributed by atoms with Gasteiger partial charge in [-0.05, 0) is 24.5 Å². The van der Waals surface area contributed by atoms with E-state index in [2.05, 4.69) is 18.8 Å². The van der Waals surface area contributed by atoms with Crippen molar-refractivity contribution < 1.29 is 5.11 Å². The maximum Gasteiger partial charge on any atom is 0.0959 e. The van der Waals surface area contributed by atoms with Gasteiger partial charge < -0.3 is 9.67 Å². The molecule has 0 saturated carbocycles. The highest BCUT2D eigenvalue weighted by molar-refractivity contribution is 5.74. The maximum atomic E-state index is 10.2. The van der Waals surface area contributed by atoms with Crippen LogP contribution in [0.5, 0.6) is 0 Å². The smallest absolute Gasteiger partial charge is 0.0959 e. The second-order valence-corrected chi connectivity index (χ2v) is 4.96. The summed E-state index contributed by atoms with van der Waals surface area (Å²) in [6.07, 6.45) is 4.68. The van der Waals surface area contributed by atoms with Gasteiger partial charge in [0, 0.05) is 0 Å². The van der Waals surface area contributed by atoms with Gasteiger partial charge in [-0.3, -0.25) is 0 Å². The van der Waals surface area contributed by atoms with E-state index in [0.717, 1.165) is 30.3 Å². The highest BCUT2D eigenvalue weighted by Gasteiger charge is 2.13. The fourth-order valence-corrected chi connectivity index (χ4v) is 2.46. The van der Waals surface area contributed by atoms with Crippen LogP contribution in [-0.4, -0.2) is 20.8 Å². The van der Waals surface area contributed by atoms with Crippen molar-refractivity contribution >= 4 is 11.0 Å². The number of hydrogen-bond acceptors (Lipinski definition) is 2. The van der Waals surface area contributed by atoms with E-state index >= 15 is 0 Å². The number of aromatic nitrogens is 2. The molecule has 0 bridgehead atoms. The zero-order valence-electron chi connectivity index (χ0n) is 11.2. The molecule has 2 aromatic rings. The zero-order chi connectivity index (χ0) is 13.0. The number of aliphatic hydroxyl groups is 1. The summed E-state index contributed by atoms with van der Waals surface area (Å²) in [5.41, 5.74) is 2.09. The van der Waals surface area contributed by atoms with Gasteiger partial charge in [0.25, 0.3) is 0 Å². The monoisotopic (exact) mass is 246 g/mol. The molecule has 1 unspecified atom stereocenters. The molecule has 0 aliphatic rings. The standard InChI is InChI=1S/C15H22N2O/c1-3-12(4-2)9-13(18)10-17-11-16-14-7-5-6-8-15(14)17/h5-8,11-13,18H,3-4,9-10H2,1-2H3. The van der Waals surface area contributed by atoms with E-state index in [1.165, 1.54) is 0 Å². The molecule has 1 aromatic carbocycles. The number of aliphatic hydroxyl groups excluding tert-OH is 1. The van der Waals surface area contributed by atoms with Crippen molar-refractivity contribution in [3.05, 3.63) is 30.6 Å². The normalized spacial score (nSPS) is 13.3. The molecule has 1 N–H and O–H groups in total. The molecule has 3 nitrogen and oxygen atoms in total. The first kappa shape index (κ1) is 13.1. The molecule has 98 valence electrons. The van der Waals surface area contributed by atoms with Crippen LogP contribution in [0.25, 0.3) is 11.0 Å². The molecule has 0 fully saturated rings. The third-order valence-corrected chi connectivity index (χ3v) is 3.69. The summed E-state index contributed by atoms with van der Waals surface area (Å²) in [6, 6.07) is 8.04. The van der Waals surface area contributed by atoms with Crippen LogP contribution in [0.4, 0.5) is 0 Å². The largest absolute Gasteiger partial charge is 0.391 e. The fourth-order valence-electron chi connectivity index (χ4n) is 2.46. The van der Waals surface area contributed by atoms with Gasteiger partial charge in [-0.2, -0.15) is 0 Å². The van der Waals surface area contributed by atoms with Crippen molar-refractivity contribution in [1.29, 1.82) is 0 Å². The molecule has 1 heterocycles. The second kappa shape index (κ2) is 6.01. The predicted molar refractivity (Wildman–Crippen MR) is 74.4 cm³/mol. The van der Waals surface area contributed by atoms with E-state index in [1.807, 2.05) is 35.2 Å². The lowest BCUT2D eigenvalue weighted by atomic mass is 9.96. The molecule has 0 aliphatic heterocycles. The summed E-state index contributed by atoms with van der Waals surface area (Å²) in [7, 11) is 0. The SMILES string of the molecule is CCC(CC)CC(O)Cn1cnc2ccccc21. The van der Waals surface area contributed by atoms with Gasteiger partial charge in [0.15, 0.2) is 0 Å². The number of rotatable bonds is 6. The molecule has 1 atom stereocenters. The van der Waals surface area contributed by atoms with Gasteiger partial charge >= 0.3 is 0 Å². The highest BCUT2D eigenvalue weighted by Crippen LogP contribution is 2.18. The summed E-state index contributed by atoms with van der Waals surface area (Å²) in [5, 5.41) is 10.2. The van der Waals surface area contributed by atoms with Gasteiger partial charge in [-0.25, -0.2) is 4.98 Å². The first-order valence-corrected chi connectivity index (χ1v) is 6.82. The summed E-state index contributed by atoms with van der Waals surface area (Å²) in [6.45, 7) is 5.01. The average molecular weight is 246 g/mol. The Morgan fingerprint density at radius 1 is 1.22 bits per heavy atom. The molecule has 0 saturated heterocycles. The lowest BCUT2D eigenvalue weighted by Crippen LogP contribution is -2.19. The third kappa shape index (κ3) is 2.91. The van der Waals surface area contributed by atoms with Crippen molar-refractivity contribution in [2.45, 2.75) is 45.8 Å². The lowest BCUT2D eigenvalue weighted by Gasteiger charge is -2.18. The topological polar surface area (TPSA) is 38.0 Å². The van der Waals surface area contributed by atoms with Crippen LogP contribution in [0.1, 0.15) is 33.1 Å². The lowest BCUT2D eigenvalue weighted by molar-refractivity contribution is 0.122. The second-order valence-electron chi connectivity index (χ2n) is 4.96. The molecule has 1 aromatic heterocycles. The van der Waals surface area contributed by atoms with Gasteiger partial charge in [-0.15, -0.1) is 0 Å². The quantitative estimate of drug-likeness (QED) is 0.849. The van der Waals surface area contributed by atoms with Crippen molar-refractivity contribution in [3.8, 4) is 0 Å². The van der Waals surface area contributed by atoms with E-state index in [4.69, 9.17) is 0 Å². The molecule has 0 radical (unpaired) electrons. The van der Waals surface area contributed by atoms with Gasteiger partial charge in [0.2, 0.25) is 0 Å². The minimum absolute atomic E-state index is 0.285. The van der Waals surface area contributed by atoms with Crippen molar-refractivity contribution in [3.63, 3.8) is 0 Å². The van der Waals surface area contributed by atoms with Crippen LogP contribution < -0.4 is 0 Å². The maximum absolute atomic E-state index is 10.2. The average Bonchev–Trinajstić information content (AvgIpc) is 2.79. The van der Waals surface area contributed by atoms with Crippen molar-refractivity contribution in [2.75, 3.05) is 0 Å². The fraction of sp³-hybridized carbons (Fsp3) is 0.533. The first-order valence-electron chi connectivity index (χ1n) is 6.82. The van der Waals surface area contributed by atoms with E-state index in [9.17, 15) is 5.11 Å². The van der Waals surface area contributed by atoms with E-state index in [1.54, 1.807) is 0 Å². The number of nitrogens with zero attached hydrogens (tertiary/aromatic N) is 2. The van der Waals surface area contributed by atoms with Gasteiger partial charge in [-0.1, -0.05) is 38.8 Å². The Kier molecular flexibility index (Phi) is 4.37. The van der Waals surface area contributed by atoms with Crippen LogP contribution in [0.2, 0.25) is 0 Å². The van der Waals surface area contributed by atoms with Crippen molar-refractivity contribution in [1.82, 2.24) is 9.55 Å². The molecule has 0 spiro atoms. The Morgan fingerprint density at radius 3 is 2.67 bits per heavy atom. The molecule has 2 rings (SSSR count). The van der Waals surface area contributed by atoms with Gasteiger partial charge in [0.1, 0.15) is 0 Å². The summed E-state index contributed by atoms with van der Waals surface area (Å²) < 4.78 is 2.04. The number of hydrogen-bond donors (Lipinski definition) is 1. The van der Waals surface area contributed by atoms with Gasteiger partial charge in [0.05, 0.1) is 30.0 Å². The number of imidazole rings is 1. The molecular weight excluding hydrogens is 224 g/mol. The molecule has 3 heteroatoms. The number of fused-ring (bicyclic) bond motifs is 1. The number of benzene rings is 1. The van der Waals surface area contributed by atoms with Crippen LogP contribution in [0, 0.1) is 5.92 Å². The van der Waals surface area contributed by atoms with E-state index in [-0.39, 0.29) is 6.10 Å². The summed E-state index contributed by atoms with van der Waals surface area (Å²) in [4.78, 5) is 4.34. The molecule has 0 amide bonds. The Hall–Kier alpha value is -1.35. The Bertz CT molecular complexity index is 488. The van der Waals surface area contributed by atoms with Crippen LogP contribution >= 0.6 is 0 Å². The minimum atomic E-state index is -0.285. The number of para-hydroxylation sites is 2. The molecule has 0 aliphatic carbocycles. The molecule has 18 heavy (non-hydrogen) atoms. The van der Waals surface area contributed by atoms with Crippen molar-refractivity contribution in [2.24, 2.45) is 5.92 Å². The Labute approximate surface area is 108 Å². The Balaban J connectivity index is 2.04. The summed E-state index contributed by atoms with van der Waals surface area (Å²) >= 11 is 0. The van der Waals surface area contributed by atoms with E-state index in [0.29, 0.717) is 12.5 Å².